The highest BCUT2D eigenvalue weighted by atomic mass is 16.3. The average Bonchev–Trinajstić information content (AvgIpc) is 4.00. The van der Waals surface area contributed by atoms with E-state index >= 15 is 0 Å². The van der Waals surface area contributed by atoms with Gasteiger partial charge in [0.05, 0.1) is 11.0 Å². The van der Waals surface area contributed by atoms with Crippen LogP contribution in [-0.2, 0) is 0 Å². The van der Waals surface area contributed by atoms with Gasteiger partial charge in [0, 0.05) is 50.1 Å². The van der Waals surface area contributed by atoms with Gasteiger partial charge in [-0.3, -0.25) is 0 Å². The van der Waals surface area contributed by atoms with Crippen LogP contribution in [0.3, 0.4) is 0 Å². The molecular weight excluding hydrogens is 757 g/mol. The maximum Gasteiger partial charge on any atom is 0.136 e. The molecule has 0 saturated heterocycles. The molecule has 4 heteroatoms. The first-order chi connectivity index (χ1) is 30.6. The fourth-order valence-electron chi connectivity index (χ4n) is 10.8. The van der Waals surface area contributed by atoms with Crippen LogP contribution in [0.5, 0.6) is 0 Å². The molecule has 1 N–H and O–H groups in total. The molecule has 0 saturated carbocycles. The molecule has 4 nitrogen and oxygen atoms in total. The van der Waals surface area contributed by atoms with Crippen molar-refractivity contribution in [2.24, 2.45) is 5.92 Å². The number of para-hydroxylation sites is 3. The van der Waals surface area contributed by atoms with Crippen molar-refractivity contribution in [2.45, 2.75) is 45.2 Å². The highest BCUT2D eigenvalue weighted by molar-refractivity contribution is 6.17. The van der Waals surface area contributed by atoms with Gasteiger partial charge in [0.15, 0.2) is 0 Å². The summed E-state index contributed by atoms with van der Waals surface area (Å²) in [6.45, 7) is 4.70. The van der Waals surface area contributed by atoms with E-state index in [2.05, 4.69) is 200 Å². The molecule has 3 unspecified atom stereocenters. The lowest BCUT2D eigenvalue weighted by atomic mass is 9.77. The summed E-state index contributed by atoms with van der Waals surface area (Å²) in [7, 11) is 0. The highest BCUT2D eigenvalue weighted by Crippen LogP contribution is 2.46. The van der Waals surface area contributed by atoms with Gasteiger partial charge in [-0.15, -0.1) is 0 Å². The van der Waals surface area contributed by atoms with Crippen LogP contribution in [0, 0.1) is 5.92 Å². The molecule has 0 aliphatic carbocycles. The van der Waals surface area contributed by atoms with Crippen molar-refractivity contribution >= 4 is 71.3 Å². The summed E-state index contributed by atoms with van der Waals surface area (Å²) in [4.78, 5) is 0. The molecule has 1 aliphatic heterocycles. The lowest BCUT2D eigenvalue weighted by molar-refractivity contribution is 0.374. The number of benzene rings is 8. The molecule has 0 fully saturated rings. The molecule has 12 rings (SSSR count). The molecular formula is C58H46N2O2. The first-order valence-corrected chi connectivity index (χ1v) is 22.1. The lowest BCUT2D eigenvalue weighted by Crippen LogP contribution is -2.31. The zero-order chi connectivity index (χ0) is 41.3. The topological polar surface area (TPSA) is 43.2 Å². The summed E-state index contributed by atoms with van der Waals surface area (Å²) < 4.78 is 15.6. The van der Waals surface area contributed by atoms with Gasteiger partial charge in [-0.25, -0.2) is 0 Å². The lowest BCUT2D eigenvalue weighted by Gasteiger charge is -2.35. The Labute approximate surface area is 360 Å². The van der Waals surface area contributed by atoms with Crippen molar-refractivity contribution in [1.29, 1.82) is 0 Å². The Kier molecular flexibility index (Phi) is 8.75. The van der Waals surface area contributed by atoms with Crippen LogP contribution in [0.4, 0.5) is 0 Å². The SMILES string of the molecule is CCC1CC(c2cccc3oc4ccc(-c5cccc6c5c5ccccc5n6-c5ccccc5)cc4c23)NC(c2ccccc2)CC(C)=C1c1ccc2c(c1)oc1ccccc12. The van der Waals surface area contributed by atoms with Crippen LogP contribution in [-0.4, -0.2) is 4.57 Å². The summed E-state index contributed by atoms with van der Waals surface area (Å²) >= 11 is 0. The van der Waals surface area contributed by atoms with Gasteiger partial charge in [0.2, 0.25) is 0 Å². The minimum absolute atomic E-state index is 0.0589. The summed E-state index contributed by atoms with van der Waals surface area (Å²) in [6, 6.07) is 66.1. The van der Waals surface area contributed by atoms with E-state index in [4.69, 9.17) is 8.83 Å². The van der Waals surface area contributed by atoms with Crippen LogP contribution >= 0.6 is 0 Å². The standard InChI is InChI=1S/C58H46N2O2/c1-3-37-34-49(59-48(38-16-6-4-7-17-38)32-36(2)56(37)40-28-30-44-43-20-11-13-26-52(43)62-55(44)35-40)45-23-15-27-54-58(45)47-33-39(29-31-53(47)61-54)42-22-14-25-51-57(42)46-21-10-12-24-50(46)60(51)41-18-8-5-9-19-41/h4-31,33,35,37,48-49,59H,3,32,34H2,1-2H3. The van der Waals surface area contributed by atoms with E-state index < -0.39 is 0 Å². The number of furan rings is 2. The Bertz CT molecular complexity index is 3510. The highest BCUT2D eigenvalue weighted by Gasteiger charge is 2.31. The van der Waals surface area contributed by atoms with Crippen LogP contribution in [0.15, 0.2) is 196 Å². The van der Waals surface area contributed by atoms with Crippen molar-refractivity contribution < 1.29 is 8.83 Å². The van der Waals surface area contributed by atoms with Crippen molar-refractivity contribution in [3.63, 3.8) is 0 Å². The van der Waals surface area contributed by atoms with Crippen LogP contribution in [0.25, 0.3) is 88.1 Å². The van der Waals surface area contributed by atoms with Gasteiger partial charge in [-0.2, -0.15) is 0 Å². The Morgan fingerprint density at radius 2 is 1.21 bits per heavy atom. The fraction of sp³-hybridized carbons (Fsp3) is 0.138. The summed E-state index contributed by atoms with van der Waals surface area (Å²) in [5.74, 6) is 0.314. The minimum atomic E-state index is 0.0589. The Morgan fingerprint density at radius 3 is 2.06 bits per heavy atom. The normalized spacial score (nSPS) is 17.5. The first-order valence-electron chi connectivity index (χ1n) is 22.1. The van der Waals surface area contributed by atoms with E-state index in [-0.39, 0.29) is 12.1 Å². The Morgan fingerprint density at radius 1 is 0.532 bits per heavy atom. The van der Waals surface area contributed by atoms with Gasteiger partial charge in [0.25, 0.3) is 0 Å². The fourth-order valence-corrected chi connectivity index (χ4v) is 10.8. The monoisotopic (exact) mass is 802 g/mol. The first kappa shape index (κ1) is 36.7. The van der Waals surface area contributed by atoms with E-state index in [1.54, 1.807) is 0 Å². The molecule has 11 aromatic rings. The summed E-state index contributed by atoms with van der Waals surface area (Å²) in [6.07, 6.45) is 2.86. The second-order valence-electron chi connectivity index (χ2n) is 17.2. The number of hydrogen-bond donors (Lipinski definition) is 1. The zero-order valence-corrected chi connectivity index (χ0v) is 34.9. The maximum absolute atomic E-state index is 6.74. The second kappa shape index (κ2) is 14.8. The molecule has 4 heterocycles. The third-order valence-electron chi connectivity index (χ3n) is 13.6. The Hall–Kier alpha value is -7.14. The molecule has 8 aromatic carbocycles. The molecule has 3 atom stereocenters. The molecule has 0 radical (unpaired) electrons. The van der Waals surface area contributed by atoms with Crippen molar-refractivity contribution in [3.8, 4) is 16.8 Å². The average molecular weight is 803 g/mol. The van der Waals surface area contributed by atoms with Crippen molar-refractivity contribution in [2.75, 3.05) is 0 Å². The number of allylic oxidation sites excluding steroid dienone is 1. The predicted octanol–water partition coefficient (Wildman–Crippen LogP) is 15.9. The van der Waals surface area contributed by atoms with Gasteiger partial charge < -0.3 is 18.7 Å². The van der Waals surface area contributed by atoms with Crippen LogP contribution in [0.2, 0.25) is 0 Å². The molecule has 62 heavy (non-hydrogen) atoms. The summed E-state index contributed by atoms with van der Waals surface area (Å²) in [5.41, 5.74) is 16.4. The molecule has 0 spiro atoms. The largest absolute Gasteiger partial charge is 0.456 e. The van der Waals surface area contributed by atoms with E-state index in [0.717, 1.165) is 58.1 Å². The van der Waals surface area contributed by atoms with Crippen molar-refractivity contribution in [1.82, 2.24) is 9.88 Å². The number of hydrogen-bond acceptors (Lipinski definition) is 3. The van der Waals surface area contributed by atoms with Gasteiger partial charge >= 0.3 is 0 Å². The number of nitrogens with zero attached hydrogens (tertiary/aromatic N) is 1. The van der Waals surface area contributed by atoms with Crippen LogP contribution in [0.1, 0.15) is 61.9 Å². The molecule has 0 bridgehead atoms. The quantitative estimate of drug-likeness (QED) is 0.182. The molecule has 1 aliphatic rings. The second-order valence-corrected chi connectivity index (χ2v) is 17.2. The van der Waals surface area contributed by atoms with Crippen LogP contribution < -0.4 is 5.32 Å². The number of aromatic nitrogens is 1. The zero-order valence-electron chi connectivity index (χ0n) is 34.9. The summed E-state index contributed by atoms with van der Waals surface area (Å²) in [5, 5.41) is 11.4. The number of nitrogens with one attached hydrogen (secondary N) is 1. The van der Waals surface area contributed by atoms with E-state index in [0.29, 0.717) is 5.92 Å². The van der Waals surface area contributed by atoms with Crippen molar-refractivity contribution in [3.05, 3.63) is 204 Å². The molecule has 300 valence electrons. The van der Waals surface area contributed by atoms with E-state index in [9.17, 15) is 0 Å². The minimum Gasteiger partial charge on any atom is -0.456 e. The number of fused-ring (bicyclic) bond motifs is 9. The number of rotatable bonds is 6. The maximum atomic E-state index is 6.74. The predicted molar refractivity (Wildman–Crippen MR) is 258 cm³/mol. The van der Waals surface area contributed by atoms with E-state index in [1.165, 1.54) is 71.5 Å². The Balaban J connectivity index is 1.02. The smallest absolute Gasteiger partial charge is 0.136 e. The van der Waals surface area contributed by atoms with Gasteiger partial charge in [-0.05, 0) is 126 Å². The van der Waals surface area contributed by atoms with E-state index in [1.807, 2.05) is 6.07 Å². The van der Waals surface area contributed by atoms with Gasteiger partial charge in [-0.1, -0.05) is 134 Å². The van der Waals surface area contributed by atoms with Gasteiger partial charge in [0.1, 0.15) is 22.3 Å². The molecule has 0 amide bonds. The molecule has 3 aromatic heterocycles. The third kappa shape index (κ3) is 5.93. The third-order valence-corrected chi connectivity index (χ3v) is 13.6.